The van der Waals surface area contributed by atoms with Crippen molar-refractivity contribution >= 4 is 11.6 Å². The van der Waals surface area contributed by atoms with Gasteiger partial charge in [0, 0.05) is 0 Å². The molecule has 0 heterocycles. The summed E-state index contributed by atoms with van der Waals surface area (Å²) < 4.78 is 5.05. The van der Waals surface area contributed by atoms with Gasteiger partial charge in [-0.2, -0.15) is 0 Å². The third-order valence-electron chi connectivity index (χ3n) is 1.38. The molecule has 0 radical (unpaired) electrons. The molecule has 0 fully saturated rings. The van der Waals surface area contributed by atoms with Gasteiger partial charge in [-0.3, -0.25) is 0 Å². The molecule has 0 saturated carbocycles. The van der Waals surface area contributed by atoms with E-state index in [4.69, 9.17) is 21.4 Å². The zero-order chi connectivity index (χ0) is 9.14. The highest BCUT2D eigenvalue weighted by atomic mass is 35.5. The molecule has 1 unspecified atom stereocenters. The van der Waals surface area contributed by atoms with E-state index in [0.717, 1.165) is 5.56 Å². The Morgan fingerprint density at radius 1 is 1.50 bits per heavy atom. The molecule has 0 saturated heterocycles. The van der Waals surface area contributed by atoms with Crippen molar-refractivity contribution in [3.05, 3.63) is 28.8 Å². The van der Waals surface area contributed by atoms with Crippen LogP contribution in [-0.4, -0.2) is 11.4 Å². The van der Waals surface area contributed by atoms with Crippen LogP contribution in [0.2, 0.25) is 5.02 Å². The fourth-order valence-electron chi connectivity index (χ4n) is 0.885. The Morgan fingerprint density at radius 2 is 2.17 bits per heavy atom. The summed E-state index contributed by atoms with van der Waals surface area (Å²) in [4.78, 5) is 0. The fraction of sp³-hybridized carbons (Fsp3) is 0.333. The summed E-state index contributed by atoms with van der Waals surface area (Å²) in [5.74, 6) is 0.520. The molecule has 2 nitrogen and oxygen atoms in total. The van der Waals surface area contributed by atoms with Gasteiger partial charge >= 0.3 is 0 Å². The van der Waals surface area contributed by atoms with Gasteiger partial charge in [-0.25, -0.2) is 0 Å². The average Bonchev–Trinajstić information content (AvgIpc) is 1.96. The lowest BCUT2D eigenvalue weighted by atomic mass is 10.2. The van der Waals surface area contributed by atoms with Crippen LogP contribution in [0.15, 0.2) is 18.2 Å². The van der Waals surface area contributed by atoms with Gasteiger partial charge in [-0.05, 0) is 31.5 Å². The van der Waals surface area contributed by atoms with Crippen LogP contribution in [0.3, 0.4) is 0 Å². The first kappa shape index (κ1) is 9.36. The van der Waals surface area contributed by atoms with Gasteiger partial charge in [0.2, 0.25) is 0 Å². The van der Waals surface area contributed by atoms with E-state index < -0.39 is 6.29 Å². The van der Waals surface area contributed by atoms with Crippen LogP contribution in [0.25, 0.3) is 0 Å². The minimum atomic E-state index is -0.829. The van der Waals surface area contributed by atoms with Gasteiger partial charge in [0.05, 0.1) is 5.02 Å². The third kappa shape index (κ3) is 2.40. The van der Waals surface area contributed by atoms with Crippen molar-refractivity contribution in [2.75, 3.05) is 0 Å². The van der Waals surface area contributed by atoms with Crippen LogP contribution >= 0.6 is 11.6 Å². The van der Waals surface area contributed by atoms with Crippen LogP contribution < -0.4 is 4.74 Å². The summed E-state index contributed by atoms with van der Waals surface area (Å²) in [6.07, 6.45) is -0.829. The highest BCUT2D eigenvalue weighted by molar-refractivity contribution is 6.32. The zero-order valence-corrected chi connectivity index (χ0v) is 7.80. The average molecular weight is 187 g/mol. The maximum atomic E-state index is 8.94. The molecule has 1 N–H and O–H groups in total. The van der Waals surface area contributed by atoms with Crippen LogP contribution in [-0.2, 0) is 0 Å². The number of hydrogen-bond donors (Lipinski definition) is 1. The smallest absolute Gasteiger partial charge is 0.194 e. The molecule has 0 aliphatic rings. The minimum absolute atomic E-state index is 0.515. The van der Waals surface area contributed by atoms with Gasteiger partial charge in [-0.1, -0.05) is 17.7 Å². The van der Waals surface area contributed by atoms with Crippen molar-refractivity contribution in [3.63, 3.8) is 0 Å². The molecule has 1 rings (SSSR count). The summed E-state index contributed by atoms with van der Waals surface area (Å²) in [5.41, 5.74) is 1.05. The first-order valence-electron chi connectivity index (χ1n) is 3.70. The summed E-state index contributed by atoms with van der Waals surface area (Å²) in [6, 6.07) is 5.42. The molecule has 1 aromatic rings. The van der Waals surface area contributed by atoms with E-state index in [9.17, 15) is 0 Å². The molecule has 1 atom stereocenters. The molecular weight excluding hydrogens is 176 g/mol. The minimum Gasteiger partial charge on any atom is -0.464 e. The molecule has 0 aliphatic carbocycles. The normalized spacial score (nSPS) is 12.7. The lowest BCUT2D eigenvalue weighted by Crippen LogP contribution is -2.09. The summed E-state index contributed by atoms with van der Waals surface area (Å²) in [6.45, 7) is 3.48. The molecule has 12 heavy (non-hydrogen) atoms. The van der Waals surface area contributed by atoms with Crippen LogP contribution in [0, 0.1) is 6.92 Å². The van der Waals surface area contributed by atoms with E-state index in [0.29, 0.717) is 10.8 Å². The molecule has 66 valence electrons. The predicted molar refractivity (Wildman–Crippen MR) is 48.5 cm³/mol. The molecular formula is C9H11ClO2. The molecule has 0 aromatic heterocycles. The number of benzene rings is 1. The van der Waals surface area contributed by atoms with E-state index in [1.807, 2.05) is 13.0 Å². The molecule has 0 spiro atoms. The number of rotatable bonds is 2. The summed E-state index contributed by atoms with van der Waals surface area (Å²) in [7, 11) is 0. The zero-order valence-electron chi connectivity index (χ0n) is 7.04. The van der Waals surface area contributed by atoms with Crippen molar-refractivity contribution in [1.29, 1.82) is 0 Å². The highest BCUT2D eigenvalue weighted by Gasteiger charge is 2.03. The Labute approximate surface area is 76.7 Å². The van der Waals surface area contributed by atoms with Gasteiger partial charge in [0.15, 0.2) is 6.29 Å². The molecule has 0 amide bonds. The van der Waals surface area contributed by atoms with Crippen molar-refractivity contribution in [3.8, 4) is 5.75 Å². The quantitative estimate of drug-likeness (QED) is 0.719. The number of hydrogen-bond acceptors (Lipinski definition) is 2. The van der Waals surface area contributed by atoms with E-state index >= 15 is 0 Å². The Morgan fingerprint density at radius 3 is 2.75 bits per heavy atom. The predicted octanol–water partition coefficient (Wildman–Crippen LogP) is 2.37. The summed E-state index contributed by atoms with van der Waals surface area (Å²) >= 11 is 5.80. The molecule has 0 bridgehead atoms. The monoisotopic (exact) mass is 186 g/mol. The van der Waals surface area contributed by atoms with Crippen molar-refractivity contribution in [2.24, 2.45) is 0 Å². The van der Waals surface area contributed by atoms with E-state index in [1.165, 1.54) is 0 Å². The van der Waals surface area contributed by atoms with E-state index in [2.05, 4.69) is 0 Å². The Hall–Kier alpha value is -0.730. The van der Waals surface area contributed by atoms with Gasteiger partial charge in [0.25, 0.3) is 0 Å². The number of aliphatic hydroxyl groups is 1. The van der Waals surface area contributed by atoms with Crippen molar-refractivity contribution in [2.45, 2.75) is 20.1 Å². The molecule has 1 aromatic carbocycles. The van der Waals surface area contributed by atoms with Crippen molar-refractivity contribution < 1.29 is 9.84 Å². The van der Waals surface area contributed by atoms with Crippen LogP contribution in [0.4, 0.5) is 0 Å². The Balaban J connectivity index is 2.90. The summed E-state index contributed by atoms with van der Waals surface area (Å²) in [5, 5.41) is 9.46. The molecule has 3 heteroatoms. The number of ether oxygens (including phenoxy) is 1. The fourth-order valence-corrected chi connectivity index (χ4v) is 1.05. The SMILES string of the molecule is Cc1ccc(Cl)c(OC(C)O)c1. The second-order valence-electron chi connectivity index (χ2n) is 2.65. The maximum absolute atomic E-state index is 8.94. The topological polar surface area (TPSA) is 29.5 Å². The van der Waals surface area contributed by atoms with Crippen molar-refractivity contribution in [1.82, 2.24) is 0 Å². The van der Waals surface area contributed by atoms with Gasteiger partial charge in [-0.15, -0.1) is 0 Å². The van der Waals surface area contributed by atoms with E-state index in [1.54, 1.807) is 19.1 Å². The molecule has 0 aliphatic heterocycles. The second-order valence-corrected chi connectivity index (χ2v) is 3.06. The first-order chi connectivity index (χ1) is 5.59. The number of aliphatic hydroxyl groups excluding tert-OH is 1. The van der Waals surface area contributed by atoms with Crippen LogP contribution in [0.5, 0.6) is 5.75 Å². The lowest BCUT2D eigenvalue weighted by molar-refractivity contribution is -0.000250. The Bertz CT molecular complexity index is 271. The van der Waals surface area contributed by atoms with E-state index in [-0.39, 0.29) is 0 Å². The largest absolute Gasteiger partial charge is 0.464 e. The standard InChI is InChI=1S/C9H11ClO2/c1-6-3-4-8(10)9(5-6)12-7(2)11/h3-5,7,11H,1-2H3. The van der Waals surface area contributed by atoms with Gasteiger partial charge < -0.3 is 9.84 Å². The van der Waals surface area contributed by atoms with Gasteiger partial charge in [0.1, 0.15) is 5.75 Å². The van der Waals surface area contributed by atoms with Crippen LogP contribution in [0.1, 0.15) is 12.5 Å². The maximum Gasteiger partial charge on any atom is 0.194 e. The number of aryl methyl sites for hydroxylation is 1. The Kier molecular flexibility index (Phi) is 2.95. The highest BCUT2D eigenvalue weighted by Crippen LogP contribution is 2.25. The first-order valence-corrected chi connectivity index (χ1v) is 4.08. The number of halogens is 1. The third-order valence-corrected chi connectivity index (χ3v) is 1.70. The lowest BCUT2D eigenvalue weighted by Gasteiger charge is -2.10. The second kappa shape index (κ2) is 3.78.